The zero-order valence-corrected chi connectivity index (χ0v) is 21.0. The number of urea groups is 1. The van der Waals surface area contributed by atoms with Crippen LogP contribution in [0.5, 0.6) is 17.4 Å². The average Bonchev–Trinajstić information content (AvgIpc) is 3.22. The molecular formula is C29H32N4O3. The molecule has 4 aromatic rings. The third-order valence-electron chi connectivity index (χ3n) is 5.79. The minimum atomic E-state index is -0.122. The number of hydrogen-bond acceptors (Lipinski definition) is 4. The number of benzene rings is 3. The van der Waals surface area contributed by atoms with Gasteiger partial charge in [-0.25, -0.2) is 9.48 Å². The van der Waals surface area contributed by atoms with Crippen LogP contribution in [0, 0.1) is 6.92 Å². The Bertz CT molecular complexity index is 1260. The van der Waals surface area contributed by atoms with Crippen molar-refractivity contribution in [1.82, 2.24) is 20.0 Å². The Morgan fingerprint density at radius 1 is 0.917 bits per heavy atom. The number of aromatic nitrogens is 2. The molecule has 0 saturated heterocycles. The molecular weight excluding hydrogens is 452 g/mol. The first kappa shape index (κ1) is 24.9. The topological polar surface area (TPSA) is 68.6 Å². The summed E-state index contributed by atoms with van der Waals surface area (Å²) in [5.74, 6) is 1.97. The lowest BCUT2D eigenvalue weighted by Gasteiger charge is -2.24. The van der Waals surface area contributed by atoms with Gasteiger partial charge in [0.2, 0.25) is 5.88 Å². The van der Waals surface area contributed by atoms with Crippen LogP contribution in [0.4, 0.5) is 4.79 Å². The smallest absolute Gasteiger partial charge is 0.318 e. The fourth-order valence-corrected chi connectivity index (χ4v) is 3.86. The second-order valence-electron chi connectivity index (χ2n) is 8.47. The van der Waals surface area contributed by atoms with E-state index in [0.29, 0.717) is 31.3 Å². The summed E-state index contributed by atoms with van der Waals surface area (Å²) in [5, 5.41) is 7.82. The fraction of sp³-hybridized carbons (Fsp3) is 0.241. The number of methoxy groups -OCH3 is 1. The highest BCUT2D eigenvalue weighted by Crippen LogP contribution is 2.32. The number of carbonyl (C=O) groups is 1. The molecule has 36 heavy (non-hydrogen) atoms. The maximum absolute atomic E-state index is 13.2. The number of carbonyl (C=O) groups excluding carboxylic acids is 1. The molecule has 1 N–H and O–H groups in total. The molecule has 0 bridgehead atoms. The quantitative estimate of drug-likeness (QED) is 0.295. The van der Waals surface area contributed by atoms with Crippen molar-refractivity contribution in [1.29, 1.82) is 0 Å². The largest absolute Gasteiger partial charge is 0.497 e. The van der Waals surface area contributed by atoms with Crippen molar-refractivity contribution >= 4 is 6.03 Å². The second kappa shape index (κ2) is 11.9. The fourth-order valence-electron chi connectivity index (χ4n) is 3.86. The van der Waals surface area contributed by atoms with E-state index >= 15 is 0 Å². The van der Waals surface area contributed by atoms with Crippen LogP contribution in [-0.4, -0.2) is 34.4 Å². The molecule has 0 aliphatic heterocycles. The van der Waals surface area contributed by atoms with Gasteiger partial charge in [0, 0.05) is 13.1 Å². The monoisotopic (exact) mass is 484 g/mol. The first-order chi connectivity index (χ1) is 17.6. The minimum absolute atomic E-state index is 0.122. The van der Waals surface area contributed by atoms with Crippen LogP contribution in [0.15, 0.2) is 84.9 Å². The van der Waals surface area contributed by atoms with Gasteiger partial charge < -0.3 is 19.7 Å². The zero-order chi connectivity index (χ0) is 25.3. The highest BCUT2D eigenvalue weighted by molar-refractivity contribution is 5.74. The Balaban J connectivity index is 1.72. The second-order valence-corrected chi connectivity index (χ2v) is 8.47. The van der Waals surface area contributed by atoms with Crippen molar-refractivity contribution in [2.45, 2.75) is 33.4 Å². The summed E-state index contributed by atoms with van der Waals surface area (Å²) < 4.78 is 13.5. The molecule has 0 aliphatic rings. The van der Waals surface area contributed by atoms with Gasteiger partial charge in [-0.3, -0.25) is 0 Å². The molecule has 186 valence electrons. The van der Waals surface area contributed by atoms with Crippen molar-refractivity contribution in [2.75, 3.05) is 13.7 Å². The molecule has 7 heteroatoms. The van der Waals surface area contributed by atoms with Gasteiger partial charge in [-0.15, -0.1) is 0 Å². The Kier molecular flexibility index (Phi) is 8.24. The summed E-state index contributed by atoms with van der Waals surface area (Å²) >= 11 is 0. The van der Waals surface area contributed by atoms with Gasteiger partial charge >= 0.3 is 6.03 Å². The molecule has 1 heterocycles. The Morgan fingerprint density at radius 2 is 1.56 bits per heavy atom. The van der Waals surface area contributed by atoms with E-state index in [4.69, 9.17) is 14.6 Å². The molecule has 0 radical (unpaired) electrons. The first-order valence-corrected chi connectivity index (χ1v) is 12.1. The lowest BCUT2D eigenvalue weighted by molar-refractivity contribution is 0.191. The van der Waals surface area contributed by atoms with Gasteiger partial charge in [-0.1, -0.05) is 55.5 Å². The van der Waals surface area contributed by atoms with E-state index in [9.17, 15) is 4.79 Å². The summed E-state index contributed by atoms with van der Waals surface area (Å²) in [6.45, 7) is 5.40. The number of para-hydroxylation sites is 1. The van der Waals surface area contributed by atoms with E-state index in [1.807, 2.05) is 98.8 Å². The van der Waals surface area contributed by atoms with Gasteiger partial charge in [0.05, 0.1) is 30.6 Å². The third-order valence-corrected chi connectivity index (χ3v) is 5.79. The molecule has 2 amide bonds. The average molecular weight is 485 g/mol. The van der Waals surface area contributed by atoms with Gasteiger partial charge in [-0.05, 0) is 55.3 Å². The lowest BCUT2D eigenvalue weighted by Crippen LogP contribution is -2.39. The van der Waals surface area contributed by atoms with Crippen LogP contribution in [0.25, 0.3) is 5.69 Å². The van der Waals surface area contributed by atoms with Gasteiger partial charge in [0.15, 0.2) is 0 Å². The zero-order valence-electron chi connectivity index (χ0n) is 21.0. The molecule has 1 aromatic heterocycles. The number of nitrogens with zero attached hydrogens (tertiary/aromatic N) is 3. The highest BCUT2D eigenvalue weighted by atomic mass is 16.5. The van der Waals surface area contributed by atoms with E-state index < -0.39 is 0 Å². The van der Waals surface area contributed by atoms with Crippen molar-refractivity contribution in [3.8, 4) is 23.1 Å². The molecule has 0 atom stereocenters. The molecule has 0 unspecified atom stereocenters. The number of ether oxygens (including phenoxy) is 2. The third kappa shape index (κ3) is 6.05. The predicted octanol–water partition coefficient (Wildman–Crippen LogP) is 6.10. The van der Waals surface area contributed by atoms with Crippen LogP contribution < -0.4 is 14.8 Å². The van der Waals surface area contributed by atoms with Gasteiger partial charge in [-0.2, -0.15) is 5.10 Å². The lowest BCUT2D eigenvalue weighted by atomic mass is 10.2. The SMILES string of the molecule is CCCNC(=O)N(Cc1ccccc1)Cc1c(C)nn(-c2ccccc2)c1Oc1ccc(OC)cc1. The Labute approximate surface area is 212 Å². The van der Waals surface area contributed by atoms with E-state index in [1.165, 1.54) is 0 Å². The molecule has 0 aliphatic carbocycles. The molecule has 7 nitrogen and oxygen atoms in total. The standard InChI is InChI=1S/C29H32N4O3/c1-4-19-30-29(34)32(20-23-11-7-5-8-12-23)21-27-22(2)31-33(24-13-9-6-10-14-24)28(27)36-26-17-15-25(35-3)16-18-26/h5-18H,4,19-21H2,1-3H3,(H,30,34). The summed E-state index contributed by atoms with van der Waals surface area (Å²) in [4.78, 5) is 15.0. The summed E-state index contributed by atoms with van der Waals surface area (Å²) in [7, 11) is 1.63. The van der Waals surface area contributed by atoms with Crippen molar-refractivity contribution < 1.29 is 14.3 Å². The number of nitrogens with one attached hydrogen (secondary N) is 1. The van der Waals surface area contributed by atoms with Crippen molar-refractivity contribution in [2.24, 2.45) is 0 Å². The van der Waals surface area contributed by atoms with Gasteiger partial charge in [0.25, 0.3) is 0 Å². The van der Waals surface area contributed by atoms with Gasteiger partial charge in [0.1, 0.15) is 11.5 Å². The van der Waals surface area contributed by atoms with E-state index in [0.717, 1.165) is 34.7 Å². The van der Waals surface area contributed by atoms with E-state index in [1.54, 1.807) is 16.7 Å². The normalized spacial score (nSPS) is 10.6. The van der Waals surface area contributed by atoms with Crippen molar-refractivity contribution in [3.05, 3.63) is 102 Å². The molecule has 4 rings (SSSR count). The first-order valence-electron chi connectivity index (χ1n) is 12.1. The molecule has 0 saturated carbocycles. The number of aryl methyl sites for hydroxylation is 1. The van der Waals surface area contributed by atoms with Crippen LogP contribution in [0.3, 0.4) is 0 Å². The Hall–Kier alpha value is -4.26. The predicted molar refractivity (Wildman–Crippen MR) is 141 cm³/mol. The molecule has 3 aromatic carbocycles. The maximum Gasteiger partial charge on any atom is 0.318 e. The summed E-state index contributed by atoms with van der Waals surface area (Å²) in [6, 6.07) is 27.1. The van der Waals surface area contributed by atoms with Crippen LogP contribution in [-0.2, 0) is 13.1 Å². The Morgan fingerprint density at radius 3 is 2.19 bits per heavy atom. The maximum atomic E-state index is 13.2. The number of hydrogen-bond donors (Lipinski definition) is 1. The molecule has 0 spiro atoms. The summed E-state index contributed by atoms with van der Waals surface area (Å²) in [5.41, 5.74) is 3.57. The minimum Gasteiger partial charge on any atom is -0.497 e. The summed E-state index contributed by atoms with van der Waals surface area (Å²) in [6.07, 6.45) is 0.863. The van der Waals surface area contributed by atoms with Crippen molar-refractivity contribution in [3.63, 3.8) is 0 Å². The number of amides is 2. The van der Waals surface area contributed by atoms with E-state index in [2.05, 4.69) is 5.32 Å². The molecule has 0 fully saturated rings. The van der Waals surface area contributed by atoms with Crippen LogP contribution in [0.1, 0.15) is 30.2 Å². The van der Waals surface area contributed by atoms with Crippen LogP contribution in [0.2, 0.25) is 0 Å². The number of rotatable bonds is 10. The highest BCUT2D eigenvalue weighted by Gasteiger charge is 2.24. The van der Waals surface area contributed by atoms with E-state index in [-0.39, 0.29) is 6.03 Å². The van der Waals surface area contributed by atoms with Crippen LogP contribution >= 0.6 is 0 Å².